The lowest BCUT2D eigenvalue weighted by Gasteiger charge is -2.07. The van der Waals surface area contributed by atoms with Crippen molar-refractivity contribution in [2.45, 2.75) is 25.9 Å². The number of nitrogens with zero attached hydrogens (tertiary/aromatic N) is 3. The molecule has 1 aromatic carbocycles. The van der Waals surface area contributed by atoms with Gasteiger partial charge in [-0.25, -0.2) is 0 Å². The fourth-order valence-corrected chi connectivity index (χ4v) is 2.59. The molecule has 0 aliphatic carbocycles. The fraction of sp³-hybridized carbons (Fsp3) is 0.312. The number of rotatable bonds is 4. The highest BCUT2D eigenvalue weighted by Gasteiger charge is 2.06. The molecule has 3 aromatic rings. The summed E-state index contributed by atoms with van der Waals surface area (Å²) >= 11 is 0. The van der Waals surface area contributed by atoms with Gasteiger partial charge in [-0.3, -0.25) is 4.68 Å². The molecule has 0 fully saturated rings. The van der Waals surface area contributed by atoms with Crippen LogP contribution >= 0.6 is 0 Å². The van der Waals surface area contributed by atoms with E-state index in [1.165, 1.54) is 16.5 Å². The molecule has 104 valence electrons. The summed E-state index contributed by atoms with van der Waals surface area (Å²) in [4.78, 5) is 0. The third-order valence-electron chi connectivity index (χ3n) is 3.50. The molecule has 0 saturated carbocycles. The van der Waals surface area contributed by atoms with E-state index < -0.39 is 0 Å². The van der Waals surface area contributed by atoms with Crippen LogP contribution in [0, 0.1) is 0 Å². The topological polar surface area (TPSA) is 48.8 Å². The Balaban J connectivity index is 1.94. The Morgan fingerprint density at radius 3 is 2.75 bits per heavy atom. The highest BCUT2D eigenvalue weighted by atomic mass is 15.3. The van der Waals surface area contributed by atoms with Gasteiger partial charge in [-0.2, -0.15) is 5.10 Å². The van der Waals surface area contributed by atoms with E-state index in [1.54, 1.807) is 0 Å². The summed E-state index contributed by atoms with van der Waals surface area (Å²) < 4.78 is 4.07. The Morgan fingerprint density at radius 1 is 1.20 bits per heavy atom. The van der Waals surface area contributed by atoms with Crippen molar-refractivity contribution in [3.05, 3.63) is 54.0 Å². The van der Waals surface area contributed by atoms with Crippen molar-refractivity contribution in [3.63, 3.8) is 0 Å². The maximum Gasteiger partial charge on any atom is 0.0821 e. The molecule has 0 spiro atoms. The minimum atomic E-state index is 0.187. The van der Waals surface area contributed by atoms with Gasteiger partial charge in [0.15, 0.2) is 0 Å². The number of fused-ring (bicyclic) bond motifs is 1. The molecule has 1 unspecified atom stereocenters. The minimum Gasteiger partial charge on any atom is -0.341 e. The fourth-order valence-electron chi connectivity index (χ4n) is 2.59. The van der Waals surface area contributed by atoms with Gasteiger partial charge in [-0.15, -0.1) is 0 Å². The van der Waals surface area contributed by atoms with Crippen LogP contribution in [0.5, 0.6) is 0 Å². The predicted molar refractivity (Wildman–Crippen MR) is 81.6 cm³/mol. The molecule has 2 aromatic heterocycles. The molecule has 3 rings (SSSR count). The third-order valence-corrected chi connectivity index (χ3v) is 3.50. The van der Waals surface area contributed by atoms with E-state index in [2.05, 4.69) is 46.2 Å². The minimum absolute atomic E-state index is 0.187. The Labute approximate surface area is 118 Å². The molecule has 2 heterocycles. The molecule has 4 heteroatoms. The second-order valence-corrected chi connectivity index (χ2v) is 5.50. The van der Waals surface area contributed by atoms with Crippen molar-refractivity contribution in [2.75, 3.05) is 0 Å². The predicted octanol–water partition coefficient (Wildman–Crippen LogP) is 2.31. The van der Waals surface area contributed by atoms with Crippen LogP contribution in [0.15, 0.2) is 42.7 Å². The lowest BCUT2D eigenvalue weighted by atomic mass is 10.1. The SMILES string of the molecule is CC(N)Cc1ccc2ccn(Cc3ccn(C)n3)c2c1. The van der Waals surface area contributed by atoms with Gasteiger partial charge in [0.2, 0.25) is 0 Å². The van der Waals surface area contributed by atoms with Crippen LogP contribution < -0.4 is 5.73 Å². The lowest BCUT2D eigenvalue weighted by Crippen LogP contribution is -2.17. The summed E-state index contributed by atoms with van der Waals surface area (Å²) in [6.45, 7) is 2.84. The molecule has 0 saturated heterocycles. The molecule has 4 nitrogen and oxygen atoms in total. The number of nitrogens with two attached hydrogens (primary N) is 1. The Morgan fingerprint density at radius 2 is 2.05 bits per heavy atom. The zero-order valence-electron chi connectivity index (χ0n) is 12.0. The highest BCUT2D eigenvalue weighted by molar-refractivity contribution is 5.81. The highest BCUT2D eigenvalue weighted by Crippen LogP contribution is 2.19. The van der Waals surface area contributed by atoms with Gasteiger partial charge >= 0.3 is 0 Å². The van der Waals surface area contributed by atoms with E-state index >= 15 is 0 Å². The van der Waals surface area contributed by atoms with Crippen molar-refractivity contribution in [3.8, 4) is 0 Å². The summed E-state index contributed by atoms with van der Waals surface area (Å²) in [5.41, 5.74) is 9.49. The molecule has 1 atom stereocenters. The Kier molecular flexibility index (Phi) is 3.32. The van der Waals surface area contributed by atoms with Crippen LogP contribution in [-0.2, 0) is 20.0 Å². The smallest absolute Gasteiger partial charge is 0.0821 e. The number of benzene rings is 1. The molecule has 0 aliphatic rings. The Bertz CT molecular complexity index is 721. The summed E-state index contributed by atoms with van der Waals surface area (Å²) in [7, 11) is 1.94. The van der Waals surface area contributed by atoms with E-state index in [0.717, 1.165) is 18.7 Å². The first-order chi connectivity index (χ1) is 9.61. The molecular weight excluding hydrogens is 248 g/mol. The first-order valence-corrected chi connectivity index (χ1v) is 6.94. The average Bonchev–Trinajstić information content (AvgIpc) is 2.97. The van der Waals surface area contributed by atoms with Crippen LogP contribution in [0.1, 0.15) is 18.2 Å². The first kappa shape index (κ1) is 12.9. The largest absolute Gasteiger partial charge is 0.341 e. The summed E-state index contributed by atoms with van der Waals surface area (Å²) in [6.07, 6.45) is 5.00. The zero-order chi connectivity index (χ0) is 14.1. The van der Waals surface area contributed by atoms with Crippen molar-refractivity contribution < 1.29 is 0 Å². The maximum atomic E-state index is 5.89. The van der Waals surface area contributed by atoms with Gasteiger partial charge in [0, 0.05) is 31.0 Å². The van der Waals surface area contributed by atoms with Gasteiger partial charge in [-0.1, -0.05) is 12.1 Å². The quantitative estimate of drug-likeness (QED) is 0.789. The number of hydrogen-bond acceptors (Lipinski definition) is 2. The first-order valence-electron chi connectivity index (χ1n) is 6.94. The van der Waals surface area contributed by atoms with E-state index in [4.69, 9.17) is 5.73 Å². The van der Waals surface area contributed by atoms with E-state index in [-0.39, 0.29) is 6.04 Å². The van der Waals surface area contributed by atoms with Gasteiger partial charge < -0.3 is 10.3 Å². The van der Waals surface area contributed by atoms with Crippen molar-refractivity contribution >= 4 is 10.9 Å². The van der Waals surface area contributed by atoms with Crippen molar-refractivity contribution in [1.82, 2.24) is 14.3 Å². The molecule has 0 radical (unpaired) electrons. The molecule has 0 amide bonds. The standard InChI is InChI=1S/C16H20N4/c1-12(17)9-13-3-4-14-5-8-20(16(14)10-13)11-15-6-7-19(2)18-15/h3-8,10,12H,9,11,17H2,1-2H3. The van der Waals surface area contributed by atoms with Gasteiger partial charge in [0.1, 0.15) is 0 Å². The van der Waals surface area contributed by atoms with E-state index in [1.807, 2.05) is 24.9 Å². The maximum absolute atomic E-state index is 5.89. The van der Waals surface area contributed by atoms with Gasteiger partial charge in [0.25, 0.3) is 0 Å². The van der Waals surface area contributed by atoms with E-state index in [0.29, 0.717) is 0 Å². The van der Waals surface area contributed by atoms with E-state index in [9.17, 15) is 0 Å². The number of aromatic nitrogens is 3. The lowest BCUT2D eigenvalue weighted by molar-refractivity contribution is 0.715. The van der Waals surface area contributed by atoms with Crippen LogP contribution in [0.25, 0.3) is 10.9 Å². The van der Waals surface area contributed by atoms with Crippen LogP contribution in [0.2, 0.25) is 0 Å². The Hall–Kier alpha value is -2.07. The number of hydrogen-bond donors (Lipinski definition) is 1. The van der Waals surface area contributed by atoms with Gasteiger partial charge in [0.05, 0.1) is 12.2 Å². The molecular formula is C16H20N4. The summed E-state index contributed by atoms with van der Waals surface area (Å²) in [5.74, 6) is 0. The monoisotopic (exact) mass is 268 g/mol. The second-order valence-electron chi connectivity index (χ2n) is 5.50. The molecule has 20 heavy (non-hydrogen) atoms. The zero-order valence-corrected chi connectivity index (χ0v) is 12.0. The molecule has 0 aliphatic heterocycles. The van der Waals surface area contributed by atoms with Gasteiger partial charge in [-0.05, 0) is 42.5 Å². The van der Waals surface area contributed by atoms with Crippen LogP contribution in [-0.4, -0.2) is 20.4 Å². The molecule has 0 bridgehead atoms. The number of aryl methyl sites for hydroxylation is 1. The van der Waals surface area contributed by atoms with Crippen molar-refractivity contribution in [1.29, 1.82) is 0 Å². The normalized spacial score (nSPS) is 12.9. The third kappa shape index (κ3) is 2.60. The second kappa shape index (κ2) is 5.13. The van der Waals surface area contributed by atoms with Crippen molar-refractivity contribution in [2.24, 2.45) is 12.8 Å². The van der Waals surface area contributed by atoms with Crippen LogP contribution in [0.4, 0.5) is 0 Å². The summed E-state index contributed by atoms with van der Waals surface area (Å²) in [6, 6.07) is 11.0. The van der Waals surface area contributed by atoms with Crippen LogP contribution in [0.3, 0.4) is 0 Å². The summed E-state index contributed by atoms with van der Waals surface area (Å²) in [5, 5.41) is 5.70. The molecule has 2 N–H and O–H groups in total. The average molecular weight is 268 g/mol.